The minimum atomic E-state index is -3.94. The van der Waals surface area contributed by atoms with Crippen LogP contribution in [-0.2, 0) is 19.6 Å². The highest BCUT2D eigenvalue weighted by molar-refractivity contribution is 7.90. The Labute approximate surface area is 195 Å². The number of amides is 1. The van der Waals surface area contributed by atoms with Crippen LogP contribution in [-0.4, -0.2) is 66.7 Å². The largest absolute Gasteiger partial charge is 0.380 e. The number of carbonyl (C=O) groups is 1. The third kappa shape index (κ3) is 7.58. The molecule has 10 nitrogen and oxygen atoms in total. The summed E-state index contributed by atoms with van der Waals surface area (Å²) in [6, 6.07) is 10.1. The summed E-state index contributed by atoms with van der Waals surface area (Å²) in [6.45, 7) is 3.72. The van der Waals surface area contributed by atoms with Crippen molar-refractivity contribution in [3.8, 4) is 0 Å². The number of benzene rings is 2. The van der Waals surface area contributed by atoms with E-state index in [-0.39, 0.29) is 17.4 Å². The highest BCUT2D eigenvalue weighted by Gasteiger charge is 2.19. The summed E-state index contributed by atoms with van der Waals surface area (Å²) < 4.78 is 33.5. The van der Waals surface area contributed by atoms with Gasteiger partial charge in [-0.2, -0.15) is 0 Å². The van der Waals surface area contributed by atoms with Crippen LogP contribution >= 0.6 is 0 Å². The van der Waals surface area contributed by atoms with Crippen LogP contribution in [0.1, 0.15) is 19.8 Å². The molecule has 0 fully saturated rings. The Bertz CT molecular complexity index is 1070. The van der Waals surface area contributed by atoms with Crippen molar-refractivity contribution in [2.75, 3.05) is 45.3 Å². The van der Waals surface area contributed by atoms with E-state index in [9.17, 15) is 13.2 Å². The molecule has 33 heavy (non-hydrogen) atoms. The molecule has 0 spiro atoms. The number of hydrogen-bond acceptors (Lipinski definition) is 7. The maximum atomic E-state index is 13.0. The maximum absolute atomic E-state index is 13.0. The Balaban J connectivity index is 2.02. The molecule has 2 aromatic carbocycles. The van der Waals surface area contributed by atoms with Crippen LogP contribution in [0.25, 0.3) is 10.8 Å². The van der Waals surface area contributed by atoms with E-state index >= 15 is 0 Å². The fourth-order valence-electron chi connectivity index (χ4n) is 3.40. The molecule has 0 aliphatic carbocycles. The first-order valence-corrected chi connectivity index (χ1v) is 12.3. The van der Waals surface area contributed by atoms with E-state index in [0.717, 1.165) is 11.1 Å². The molecule has 2 aromatic rings. The van der Waals surface area contributed by atoms with Gasteiger partial charge in [-0.05, 0) is 31.9 Å². The van der Waals surface area contributed by atoms with Gasteiger partial charge < -0.3 is 26.4 Å². The molecule has 0 bridgehead atoms. The summed E-state index contributed by atoms with van der Waals surface area (Å²) in [5.74, 6) is -0.673. The summed E-state index contributed by atoms with van der Waals surface area (Å²) in [5, 5.41) is 4.44. The standard InChI is InChI=1S/C22H34N6O4S/c1-4-32-15-14-25-18(21(23)29)10-7-13-26-22(24)27-33(30,31)20-12-6-8-16-17(20)9-5-11-19(16)28(2)3/h5-6,8-9,11-12,18,25H,4,7,10,13-15H2,1-3H3,(H2,23,29)(H3,24,26,27)/t18-/m0/s1. The minimum Gasteiger partial charge on any atom is -0.380 e. The van der Waals surface area contributed by atoms with Gasteiger partial charge >= 0.3 is 0 Å². The predicted octanol–water partition coefficient (Wildman–Crippen LogP) is 0.759. The van der Waals surface area contributed by atoms with E-state index in [1.54, 1.807) is 12.1 Å². The lowest BCUT2D eigenvalue weighted by Gasteiger charge is -2.17. The number of nitrogens with two attached hydrogens (primary N) is 2. The molecule has 0 aliphatic heterocycles. The van der Waals surface area contributed by atoms with Crippen LogP contribution in [0, 0.1) is 0 Å². The SMILES string of the molecule is CCOCCN[C@@H](CCCN=C(N)NS(=O)(=O)c1cccc2c(N(C)C)cccc12)C(N)=O. The predicted molar refractivity (Wildman–Crippen MR) is 132 cm³/mol. The molecule has 1 amide bonds. The van der Waals surface area contributed by atoms with Gasteiger partial charge in [-0.25, -0.2) is 13.1 Å². The molecule has 1 atom stereocenters. The van der Waals surface area contributed by atoms with Gasteiger partial charge in [-0.3, -0.25) is 9.79 Å². The number of fused-ring (bicyclic) bond motifs is 1. The van der Waals surface area contributed by atoms with E-state index in [0.29, 0.717) is 38.0 Å². The number of nitrogens with one attached hydrogen (secondary N) is 2. The second-order valence-electron chi connectivity index (χ2n) is 7.64. The quantitative estimate of drug-likeness (QED) is 0.188. The number of primary amides is 1. The van der Waals surface area contributed by atoms with Crippen LogP contribution in [0.4, 0.5) is 5.69 Å². The average molecular weight is 479 g/mol. The number of ether oxygens (including phenoxy) is 1. The molecule has 11 heteroatoms. The van der Waals surface area contributed by atoms with E-state index in [1.807, 2.05) is 44.1 Å². The molecule has 0 saturated carbocycles. The minimum absolute atomic E-state index is 0.120. The summed E-state index contributed by atoms with van der Waals surface area (Å²) in [4.78, 5) is 17.7. The third-order valence-corrected chi connectivity index (χ3v) is 6.40. The molecule has 2 rings (SSSR count). The van der Waals surface area contributed by atoms with E-state index in [2.05, 4.69) is 15.0 Å². The molecule has 0 radical (unpaired) electrons. The van der Waals surface area contributed by atoms with Crippen LogP contribution in [0.2, 0.25) is 0 Å². The van der Waals surface area contributed by atoms with Crippen LogP contribution in [0.5, 0.6) is 0 Å². The van der Waals surface area contributed by atoms with Gasteiger partial charge in [0.1, 0.15) is 0 Å². The molecule has 6 N–H and O–H groups in total. The Hall–Kier alpha value is -2.89. The van der Waals surface area contributed by atoms with Crippen molar-refractivity contribution >= 4 is 38.3 Å². The average Bonchev–Trinajstić information content (AvgIpc) is 2.76. The Morgan fingerprint density at radius 2 is 1.85 bits per heavy atom. The number of nitrogens with zero attached hydrogens (tertiary/aromatic N) is 2. The van der Waals surface area contributed by atoms with Gasteiger partial charge in [0.25, 0.3) is 10.0 Å². The maximum Gasteiger partial charge on any atom is 0.264 e. The smallest absolute Gasteiger partial charge is 0.264 e. The van der Waals surface area contributed by atoms with Crippen LogP contribution in [0.3, 0.4) is 0 Å². The Morgan fingerprint density at radius 3 is 2.52 bits per heavy atom. The van der Waals surface area contributed by atoms with Crippen molar-refractivity contribution < 1.29 is 17.9 Å². The van der Waals surface area contributed by atoms with Gasteiger partial charge in [0.2, 0.25) is 11.9 Å². The van der Waals surface area contributed by atoms with Gasteiger partial charge in [0.15, 0.2) is 0 Å². The van der Waals surface area contributed by atoms with E-state index in [1.165, 1.54) is 6.07 Å². The monoisotopic (exact) mass is 478 g/mol. The number of sulfonamides is 1. The van der Waals surface area contributed by atoms with E-state index < -0.39 is 22.0 Å². The van der Waals surface area contributed by atoms with Gasteiger partial charge in [-0.15, -0.1) is 0 Å². The lowest BCUT2D eigenvalue weighted by Crippen LogP contribution is -2.42. The number of anilines is 1. The number of hydrogen-bond donors (Lipinski definition) is 4. The van der Waals surface area contributed by atoms with Gasteiger partial charge in [0.05, 0.1) is 17.5 Å². The topological polar surface area (TPSA) is 152 Å². The second-order valence-corrected chi connectivity index (χ2v) is 9.29. The fraction of sp³-hybridized carbons (Fsp3) is 0.455. The number of carbonyl (C=O) groups excluding carboxylic acids is 1. The Morgan fingerprint density at radius 1 is 1.15 bits per heavy atom. The number of guanidine groups is 1. The molecule has 0 heterocycles. The zero-order valence-corrected chi connectivity index (χ0v) is 20.2. The first-order chi connectivity index (χ1) is 15.7. The van der Waals surface area contributed by atoms with Gasteiger partial charge in [-0.1, -0.05) is 24.3 Å². The van der Waals surface area contributed by atoms with Crippen molar-refractivity contribution in [1.29, 1.82) is 0 Å². The zero-order chi connectivity index (χ0) is 24.4. The first-order valence-electron chi connectivity index (χ1n) is 10.8. The fourth-order valence-corrected chi connectivity index (χ4v) is 4.58. The number of rotatable bonds is 13. The summed E-state index contributed by atoms with van der Waals surface area (Å²) >= 11 is 0. The Kier molecular flexibility index (Phi) is 9.89. The zero-order valence-electron chi connectivity index (χ0n) is 19.4. The van der Waals surface area contributed by atoms with Crippen molar-refractivity contribution in [1.82, 2.24) is 10.0 Å². The lowest BCUT2D eigenvalue weighted by atomic mass is 10.1. The molecular weight excluding hydrogens is 444 g/mol. The highest BCUT2D eigenvalue weighted by atomic mass is 32.2. The summed E-state index contributed by atoms with van der Waals surface area (Å²) in [7, 11) is -0.140. The van der Waals surface area contributed by atoms with Crippen LogP contribution < -0.4 is 26.4 Å². The van der Waals surface area contributed by atoms with Crippen LogP contribution in [0.15, 0.2) is 46.3 Å². The molecular formula is C22H34N6O4S. The molecule has 0 saturated heterocycles. The van der Waals surface area contributed by atoms with Crippen molar-refractivity contribution in [3.05, 3.63) is 36.4 Å². The molecule has 0 aromatic heterocycles. The molecule has 182 valence electrons. The van der Waals surface area contributed by atoms with Crippen molar-refractivity contribution in [3.63, 3.8) is 0 Å². The van der Waals surface area contributed by atoms with E-state index in [4.69, 9.17) is 16.2 Å². The second kappa shape index (κ2) is 12.4. The molecule has 0 unspecified atom stereocenters. The normalized spacial score (nSPS) is 13.1. The summed E-state index contributed by atoms with van der Waals surface area (Å²) in [5.41, 5.74) is 12.2. The van der Waals surface area contributed by atoms with Crippen molar-refractivity contribution in [2.24, 2.45) is 16.5 Å². The first kappa shape index (κ1) is 26.4. The lowest BCUT2D eigenvalue weighted by molar-refractivity contribution is -0.120. The third-order valence-electron chi connectivity index (χ3n) is 4.99. The molecule has 0 aliphatic rings. The number of aliphatic imine (C=N–C) groups is 1. The highest BCUT2D eigenvalue weighted by Crippen LogP contribution is 2.29. The summed E-state index contributed by atoms with van der Waals surface area (Å²) in [6.07, 6.45) is 0.944. The van der Waals surface area contributed by atoms with Crippen molar-refractivity contribution in [2.45, 2.75) is 30.7 Å². The van der Waals surface area contributed by atoms with Gasteiger partial charge in [0, 0.05) is 50.3 Å².